The Morgan fingerprint density at radius 3 is 2.52 bits per heavy atom. The van der Waals surface area contributed by atoms with Crippen molar-refractivity contribution in [1.29, 1.82) is 0 Å². The number of carbonyl (C=O) groups excluding carboxylic acids is 2. The first kappa shape index (κ1) is 19.0. The van der Waals surface area contributed by atoms with E-state index in [1.165, 1.54) is 0 Å². The van der Waals surface area contributed by atoms with Crippen LogP contribution < -0.4 is 10.5 Å². The van der Waals surface area contributed by atoms with Crippen molar-refractivity contribution in [3.63, 3.8) is 0 Å². The number of ether oxygens (including phenoxy) is 1. The van der Waals surface area contributed by atoms with Gasteiger partial charge in [0.15, 0.2) is 6.61 Å². The van der Waals surface area contributed by atoms with Crippen molar-refractivity contribution in [1.82, 2.24) is 4.90 Å². The zero-order valence-corrected chi connectivity index (χ0v) is 15.7. The summed E-state index contributed by atoms with van der Waals surface area (Å²) < 4.78 is 6.61. The molecule has 0 aromatic heterocycles. The molecule has 132 valence electrons. The van der Waals surface area contributed by atoms with Crippen molar-refractivity contribution in [2.75, 3.05) is 13.2 Å². The molecule has 2 aromatic rings. The number of hydrogen-bond acceptors (Lipinski definition) is 3. The van der Waals surface area contributed by atoms with Gasteiger partial charge < -0.3 is 15.4 Å². The average molecular weight is 405 g/mol. The maximum atomic E-state index is 12.6. The summed E-state index contributed by atoms with van der Waals surface area (Å²) in [5, 5.41) is 0. The molecule has 6 heteroatoms. The van der Waals surface area contributed by atoms with Crippen LogP contribution in [0.4, 0.5) is 0 Å². The number of amides is 2. The second-order valence-corrected chi connectivity index (χ2v) is 6.63. The summed E-state index contributed by atoms with van der Waals surface area (Å²) in [5.41, 5.74) is 7.15. The van der Waals surface area contributed by atoms with Gasteiger partial charge in [-0.3, -0.25) is 9.59 Å². The highest BCUT2D eigenvalue weighted by Gasteiger charge is 2.16. The molecule has 0 spiro atoms. The fourth-order valence-electron chi connectivity index (χ4n) is 2.35. The first-order valence-corrected chi connectivity index (χ1v) is 8.74. The number of nitrogens with zero attached hydrogens (tertiary/aromatic N) is 1. The molecular formula is C19H21BrN2O3. The van der Waals surface area contributed by atoms with Crippen molar-refractivity contribution in [2.24, 2.45) is 5.73 Å². The molecule has 25 heavy (non-hydrogen) atoms. The summed E-state index contributed by atoms with van der Waals surface area (Å²) in [7, 11) is 0. The first-order valence-electron chi connectivity index (χ1n) is 7.94. The average Bonchev–Trinajstić information content (AvgIpc) is 2.58. The molecule has 2 amide bonds. The highest BCUT2D eigenvalue weighted by Crippen LogP contribution is 2.22. The van der Waals surface area contributed by atoms with Crippen LogP contribution in [0.25, 0.3) is 0 Å². The predicted molar refractivity (Wildman–Crippen MR) is 100 cm³/mol. The number of benzene rings is 2. The lowest BCUT2D eigenvalue weighted by Gasteiger charge is -2.22. The van der Waals surface area contributed by atoms with E-state index in [-0.39, 0.29) is 25.5 Å². The van der Waals surface area contributed by atoms with Gasteiger partial charge in [0, 0.05) is 24.0 Å². The molecule has 2 rings (SSSR count). The standard InChI is InChI=1S/C19H21BrN2O3/c1-14-11-16(20)7-8-17(14)25-13-19(24)22(10-9-18(21)23)12-15-5-3-2-4-6-15/h2-8,11H,9-10,12-13H2,1H3,(H2,21,23). The van der Waals surface area contributed by atoms with Gasteiger partial charge in [-0.05, 0) is 36.2 Å². The third-order valence-electron chi connectivity index (χ3n) is 3.69. The molecule has 0 bridgehead atoms. The van der Waals surface area contributed by atoms with Crippen LogP contribution in [0.5, 0.6) is 5.75 Å². The Balaban J connectivity index is 2.02. The zero-order valence-electron chi connectivity index (χ0n) is 14.1. The van der Waals surface area contributed by atoms with E-state index < -0.39 is 5.91 Å². The third kappa shape index (κ3) is 6.23. The number of aryl methyl sites for hydroxylation is 1. The van der Waals surface area contributed by atoms with Crippen LogP contribution in [0, 0.1) is 6.92 Å². The van der Waals surface area contributed by atoms with Crippen LogP contribution in [0.2, 0.25) is 0 Å². The minimum atomic E-state index is -0.435. The van der Waals surface area contributed by atoms with Gasteiger partial charge in [-0.25, -0.2) is 0 Å². The summed E-state index contributed by atoms with van der Waals surface area (Å²) in [5.74, 6) is 0.0362. The number of hydrogen-bond donors (Lipinski definition) is 1. The van der Waals surface area contributed by atoms with Gasteiger partial charge in [0.2, 0.25) is 5.91 Å². The van der Waals surface area contributed by atoms with E-state index in [4.69, 9.17) is 10.5 Å². The van der Waals surface area contributed by atoms with Crippen molar-refractivity contribution < 1.29 is 14.3 Å². The second-order valence-electron chi connectivity index (χ2n) is 5.72. The number of nitrogens with two attached hydrogens (primary N) is 1. The van der Waals surface area contributed by atoms with Gasteiger partial charge in [0.05, 0.1) is 0 Å². The molecule has 2 aromatic carbocycles. The van der Waals surface area contributed by atoms with E-state index in [0.717, 1.165) is 15.6 Å². The van der Waals surface area contributed by atoms with Gasteiger partial charge >= 0.3 is 0 Å². The topological polar surface area (TPSA) is 72.6 Å². The van der Waals surface area contributed by atoms with E-state index >= 15 is 0 Å². The van der Waals surface area contributed by atoms with Crippen LogP contribution in [0.15, 0.2) is 53.0 Å². The number of carbonyl (C=O) groups is 2. The van der Waals surface area contributed by atoms with Crippen LogP contribution in [0.1, 0.15) is 17.5 Å². The minimum absolute atomic E-state index is 0.0892. The summed E-state index contributed by atoms with van der Waals surface area (Å²) in [6.45, 7) is 2.51. The van der Waals surface area contributed by atoms with E-state index in [9.17, 15) is 9.59 Å². The van der Waals surface area contributed by atoms with Gasteiger partial charge in [-0.1, -0.05) is 46.3 Å². The van der Waals surface area contributed by atoms with Gasteiger partial charge in [-0.2, -0.15) is 0 Å². The fraction of sp³-hybridized carbons (Fsp3) is 0.263. The Morgan fingerprint density at radius 2 is 1.88 bits per heavy atom. The molecule has 0 saturated heterocycles. The SMILES string of the molecule is Cc1cc(Br)ccc1OCC(=O)N(CCC(N)=O)Cc1ccccc1. The van der Waals surface area contributed by atoms with Crippen molar-refractivity contribution in [3.8, 4) is 5.75 Å². The van der Waals surface area contributed by atoms with Crippen LogP contribution in [-0.4, -0.2) is 29.9 Å². The lowest BCUT2D eigenvalue weighted by molar-refractivity contribution is -0.134. The summed E-state index contributed by atoms with van der Waals surface area (Å²) >= 11 is 3.40. The highest BCUT2D eigenvalue weighted by molar-refractivity contribution is 9.10. The first-order chi connectivity index (χ1) is 12.0. The molecule has 0 aliphatic heterocycles. The Hall–Kier alpha value is -2.34. The molecular weight excluding hydrogens is 384 g/mol. The highest BCUT2D eigenvalue weighted by atomic mass is 79.9. The van der Waals surface area contributed by atoms with Crippen molar-refractivity contribution in [2.45, 2.75) is 19.9 Å². The van der Waals surface area contributed by atoms with Crippen molar-refractivity contribution in [3.05, 3.63) is 64.1 Å². The van der Waals surface area contributed by atoms with E-state index in [0.29, 0.717) is 12.3 Å². The van der Waals surface area contributed by atoms with Crippen LogP contribution >= 0.6 is 15.9 Å². The molecule has 0 heterocycles. The van der Waals surface area contributed by atoms with Crippen molar-refractivity contribution >= 4 is 27.7 Å². The van der Waals surface area contributed by atoms with Crippen LogP contribution in [-0.2, 0) is 16.1 Å². The monoisotopic (exact) mass is 404 g/mol. The minimum Gasteiger partial charge on any atom is -0.483 e. The summed E-state index contributed by atoms with van der Waals surface area (Å²) in [4.78, 5) is 25.2. The Kier molecular flexibility index (Phi) is 7.01. The quantitative estimate of drug-likeness (QED) is 0.734. The normalized spacial score (nSPS) is 10.3. The molecule has 0 saturated carbocycles. The molecule has 5 nitrogen and oxygen atoms in total. The fourth-order valence-corrected chi connectivity index (χ4v) is 2.82. The maximum absolute atomic E-state index is 12.6. The lowest BCUT2D eigenvalue weighted by Crippen LogP contribution is -2.36. The Morgan fingerprint density at radius 1 is 1.16 bits per heavy atom. The number of primary amides is 1. The summed E-state index contributed by atoms with van der Waals surface area (Å²) in [6.07, 6.45) is 0.121. The van der Waals surface area contributed by atoms with Crippen LogP contribution in [0.3, 0.4) is 0 Å². The van der Waals surface area contributed by atoms with E-state index in [1.807, 2.05) is 55.5 Å². The molecule has 0 aliphatic carbocycles. The van der Waals surface area contributed by atoms with Gasteiger partial charge in [0.1, 0.15) is 5.75 Å². The van der Waals surface area contributed by atoms with E-state index in [2.05, 4.69) is 15.9 Å². The third-order valence-corrected chi connectivity index (χ3v) is 4.18. The number of rotatable bonds is 8. The lowest BCUT2D eigenvalue weighted by atomic mass is 10.2. The second kappa shape index (κ2) is 9.22. The van der Waals surface area contributed by atoms with Gasteiger partial charge in [-0.15, -0.1) is 0 Å². The summed E-state index contributed by atoms with van der Waals surface area (Å²) in [6, 6.07) is 15.2. The number of halogens is 1. The zero-order chi connectivity index (χ0) is 18.2. The molecule has 2 N–H and O–H groups in total. The molecule has 0 radical (unpaired) electrons. The molecule has 0 atom stereocenters. The molecule has 0 aliphatic rings. The Bertz CT molecular complexity index is 735. The Labute approximate surface area is 155 Å². The largest absolute Gasteiger partial charge is 0.483 e. The molecule has 0 unspecified atom stereocenters. The predicted octanol–water partition coefficient (Wildman–Crippen LogP) is 3.04. The maximum Gasteiger partial charge on any atom is 0.260 e. The van der Waals surface area contributed by atoms with E-state index in [1.54, 1.807) is 4.90 Å². The molecule has 0 fully saturated rings. The van der Waals surface area contributed by atoms with Gasteiger partial charge in [0.25, 0.3) is 5.91 Å². The smallest absolute Gasteiger partial charge is 0.260 e.